The molecule has 2 aromatic carbocycles. The van der Waals surface area contributed by atoms with Crippen molar-refractivity contribution >= 4 is 29.1 Å². The zero-order chi connectivity index (χ0) is 24.1. The standard InChI is InChI=1S/C25H24ClN5O3/c1-30(2)16-24(32)28-19-6-3-5-17(13-19)15-27-25(33)21-14-22(23-7-4-12-34-23)31(29-21)20-10-8-18(26)9-11-20/h3-14H,15-16H2,1-2H3,(H,27,33)(H,28,32). The summed E-state index contributed by atoms with van der Waals surface area (Å²) in [5, 5.41) is 10.8. The fourth-order valence-electron chi connectivity index (χ4n) is 3.39. The van der Waals surface area contributed by atoms with Crippen molar-refractivity contribution in [2.24, 2.45) is 0 Å². The minimum Gasteiger partial charge on any atom is -0.463 e. The third-order valence-electron chi connectivity index (χ3n) is 4.91. The predicted molar refractivity (Wildman–Crippen MR) is 131 cm³/mol. The molecule has 9 heteroatoms. The second-order valence-corrected chi connectivity index (χ2v) is 8.39. The zero-order valence-corrected chi connectivity index (χ0v) is 19.5. The van der Waals surface area contributed by atoms with Crippen molar-refractivity contribution in [1.82, 2.24) is 20.0 Å². The SMILES string of the molecule is CN(C)CC(=O)Nc1cccc(CNC(=O)c2cc(-c3ccco3)n(-c3ccc(Cl)cc3)n2)c1. The van der Waals surface area contributed by atoms with Gasteiger partial charge in [-0.3, -0.25) is 9.59 Å². The van der Waals surface area contributed by atoms with E-state index in [4.69, 9.17) is 16.0 Å². The Balaban J connectivity index is 1.50. The highest BCUT2D eigenvalue weighted by atomic mass is 35.5. The monoisotopic (exact) mass is 477 g/mol. The summed E-state index contributed by atoms with van der Waals surface area (Å²) in [4.78, 5) is 26.7. The maximum absolute atomic E-state index is 12.9. The molecule has 4 aromatic rings. The number of aromatic nitrogens is 2. The summed E-state index contributed by atoms with van der Waals surface area (Å²) < 4.78 is 7.18. The van der Waals surface area contributed by atoms with Gasteiger partial charge in [-0.1, -0.05) is 23.7 Å². The molecule has 0 atom stereocenters. The Morgan fingerprint density at radius 1 is 1.06 bits per heavy atom. The van der Waals surface area contributed by atoms with Gasteiger partial charge in [-0.2, -0.15) is 5.10 Å². The summed E-state index contributed by atoms with van der Waals surface area (Å²) in [6.07, 6.45) is 1.57. The number of hydrogen-bond acceptors (Lipinski definition) is 5. The molecule has 2 heterocycles. The lowest BCUT2D eigenvalue weighted by Gasteiger charge is -2.11. The van der Waals surface area contributed by atoms with Crippen molar-refractivity contribution < 1.29 is 14.0 Å². The predicted octanol–water partition coefficient (Wildman–Crippen LogP) is 4.22. The van der Waals surface area contributed by atoms with Gasteiger partial charge in [0.15, 0.2) is 11.5 Å². The van der Waals surface area contributed by atoms with Crippen LogP contribution >= 0.6 is 11.6 Å². The molecule has 0 saturated carbocycles. The van der Waals surface area contributed by atoms with E-state index in [1.807, 2.05) is 50.5 Å². The van der Waals surface area contributed by atoms with Crippen molar-refractivity contribution in [3.8, 4) is 17.1 Å². The van der Waals surface area contributed by atoms with Crippen LogP contribution in [0.3, 0.4) is 0 Å². The third-order valence-corrected chi connectivity index (χ3v) is 5.16. The summed E-state index contributed by atoms with van der Waals surface area (Å²) in [6, 6.07) is 19.8. The number of nitrogens with zero attached hydrogens (tertiary/aromatic N) is 3. The van der Waals surface area contributed by atoms with Crippen molar-refractivity contribution in [3.05, 3.63) is 89.3 Å². The van der Waals surface area contributed by atoms with E-state index in [2.05, 4.69) is 15.7 Å². The summed E-state index contributed by atoms with van der Waals surface area (Å²) in [5.41, 5.74) is 3.15. The van der Waals surface area contributed by atoms with Gasteiger partial charge in [0.2, 0.25) is 5.91 Å². The van der Waals surface area contributed by atoms with Crippen molar-refractivity contribution in [1.29, 1.82) is 0 Å². The number of carbonyl (C=O) groups excluding carboxylic acids is 2. The Kier molecular flexibility index (Phi) is 7.10. The third kappa shape index (κ3) is 5.72. The molecule has 0 bridgehead atoms. The molecule has 8 nitrogen and oxygen atoms in total. The Labute approximate surface area is 202 Å². The summed E-state index contributed by atoms with van der Waals surface area (Å²) >= 11 is 6.02. The largest absolute Gasteiger partial charge is 0.463 e. The van der Waals surface area contributed by atoms with Crippen LogP contribution in [-0.2, 0) is 11.3 Å². The van der Waals surface area contributed by atoms with E-state index in [-0.39, 0.29) is 30.6 Å². The molecule has 174 valence electrons. The average Bonchev–Trinajstić information content (AvgIpc) is 3.48. The van der Waals surface area contributed by atoms with Gasteiger partial charge in [0.25, 0.3) is 5.91 Å². The number of carbonyl (C=O) groups is 2. The lowest BCUT2D eigenvalue weighted by atomic mass is 10.2. The Morgan fingerprint density at radius 2 is 1.85 bits per heavy atom. The second kappa shape index (κ2) is 10.4. The molecule has 0 spiro atoms. The maximum atomic E-state index is 12.9. The highest BCUT2D eigenvalue weighted by Gasteiger charge is 2.18. The number of halogens is 1. The molecular weight excluding hydrogens is 454 g/mol. The van der Waals surface area contributed by atoms with E-state index in [9.17, 15) is 9.59 Å². The lowest BCUT2D eigenvalue weighted by Crippen LogP contribution is -2.27. The molecule has 0 fully saturated rings. The van der Waals surface area contributed by atoms with Crippen LogP contribution < -0.4 is 10.6 Å². The first-order valence-corrected chi connectivity index (χ1v) is 11.0. The van der Waals surface area contributed by atoms with Gasteiger partial charge in [-0.25, -0.2) is 4.68 Å². The average molecular weight is 478 g/mol. The first-order valence-electron chi connectivity index (χ1n) is 10.6. The quantitative estimate of drug-likeness (QED) is 0.396. The number of rotatable bonds is 8. The van der Waals surface area contributed by atoms with E-state index in [0.717, 1.165) is 11.3 Å². The van der Waals surface area contributed by atoms with Gasteiger partial charge in [0.1, 0.15) is 5.69 Å². The fourth-order valence-corrected chi connectivity index (χ4v) is 3.52. The Morgan fingerprint density at radius 3 is 2.56 bits per heavy atom. The number of nitrogens with one attached hydrogen (secondary N) is 2. The van der Waals surface area contributed by atoms with E-state index < -0.39 is 0 Å². The molecule has 0 aliphatic heterocycles. The number of benzene rings is 2. The Hall–Kier alpha value is -3.88. The number of hydrogen-bond donors (Lipinski definition) is 2. The van der Waals surface area contributed by atoms with Crippen molar-refractivity contribution in [2.45, 2.75) is 6.54 Å². The molecule has 34 heavy (non-hydrogen) atoms. The highest BCUT2D eigenvalue weighted by molar-refractivity contribution is 6.30. The van der Waals surface area contributed by atoms with Crippen LogP contribution in [0.2, 0.25) is 5.02 Å². The molecule has 2 N–H and O–H groups in total. The van der Waals surface area contributed by atoms with E-state index in [0.29, 0.717) is 22.2 Å². The fraction of sp³-hybridized carbons (Fsp3) is 0.160. The number of furan rings is 1. The summed E-state index contributed by atoms with van der Waals surface area (Å²) in [5.74, 6) is 0.148. The van der Waals surface area contributed by atoms with E-state index in [1.54, 1.807) is 46.2 Å². The molecule has 0 radical (unpaired) electrons. The zero-order valence-electron chi connectivity index (χ0n) is 18.8. The second-order valence-electron chi connectivity index (χ2n) is 7.95. The number of anilines is 1. The topological polar surface area (TPSA) is 92.4 Å². The number of likely N-dealkylation sites (N-methyl/N-ethyl adjacent to an activating group) is 1. The van der Waals surface area contributed by atoms with Crippen LogP contribution in [0.15, 0.2) is 77.4 Å². The molecule has 0 saturated heterocycles. The minimum absolute atomic E-state index is 0.107. The smallest absolute Gasteiger partial charge is 0.272 e. The van der Waals surface area contributed by atoms with Gasteiger partial charge in [0, 0.05) is 23.3 Å². The van der Waals surface area contributed by atoms with Gasteiger partial charge in [-0.05, 0) is 68.2 Å². The highest BCUT2D eigenvalue weighted by Crippen LogP contribution is 2.25. The Bertz CT molecular complexity index is 1280. The first-order chi connectivity index (χ1) is 16.4. The molecule has 2 amide bonds. The molecule has 2 aromatic heterocycles. The minimum atomic E-state index is -0.331. The normalized spacial score (nSPS) is 10.9. The van der Waals surface area contributed by atoms with E-state index >= 15 is 0 Å². The van der Waals surface area contributed by atoms with E-state index in [1.165, 1.54) is 0 Å². The van der Waals surface area contributed by atoms with Gasteiger partial charge in [0.05, 0.1) is 18.5 Å². The summed E-state index contributed by atoms with van der Waals surface area (Å²) in [6.45, 7) is 0.565. The molecule has 0 unspecified atom stereocenters. The van der Waals surface area contributed by atoms with Crippen LogP contribution in [0.5, 0.6) is 0 Å². The first kappa shape index (κ1) is 23.3. The van der Waals surface area contributed by atoms with Crippen molar-refractivity contribution in [3.63, 3.8) is 0 Å². The van der Waals surface area contributed by atoms with Gasteiger partial charge >= 0.3 is 0 Å². The molecule has 4 rings (SSSR count). The lowest BCUT2D eigenvalue weighted by molar-refractivity contribution is -0.116. The maximum Gasteiger partial charge on any atom is 0.272 e. The van der Waals surface area contributed by atoms with Gasteiger partial charge < -0.3 is 20.0 Å². The summed E-state index contributed by atoms with van der Waals surface area (Å²) in [7, 11) is 3.66. The number of amides is 2. The van der Waals surface area contributed by atoms with Crippen molar-refractivity contribution in [2.75, 3.05) is 26.0 Å². The molecule has 0 aliphatic carbocycles. The molecule has 0 aliphatic rings. The van der Waals surface area contributed by atoms with Crippen LogP contribution in [-0.4, -0.2) is 47.1 Å². The van der Waals surface area contributed by atoms with Crippen LogP contribution in [0, 0.1) is 0 Å². The van der Waals surface area contributed by atoms with Crippen LogP contribution in [0.4, 0.5) is 5.69 Å². The van der Waals surface area contributed by atoms with Crippen LogP contribution in [0.1, 0.15) is 16.1 Å². The van der Waals surface area contributed by atoms with Gasteiger partial charge in [-0.15, -0.1) is 0 Å². The molecular formula is C25H24ClN5O3. The van der Waals surface area contributed by atoms with Crippen LogP contribution in [0.25, 0.3) is 17.1 Å².